The van der Waals surface area contributed by atoms with Crippen molar-refractivity contribution in [3.63, 3.8) is 0 Å². The Hall–Kier alpha value is -1.44. The average molecular weight is 189 g/mol. The van der Waals surface area contributed by atoms with Gasteiger partial charge in [-0.3, -0.25) is 4.79 Å². The van der Waals surface area contributed by atoms with E-state index in [1.165, 1.54) is 0 Å². The third-order valence-electron chi connectivity index (χ3n) is 2.06. The molecule has 0 aliphatic rings. The maximum absolute atomic E-state index is 10.5. The number of carbonyl (C=O) groups excluding carboxylic acids is 1. The van der Waals surface area contributed by atoms with Crippen LogP contribution in [0.1, 0.15) is 35.7 Å². The van der Waals surface area contributed by atoms with Gasteiger partial charge in [0.2, 0.25) is 0 Å². The van der Waals surface area contributed by atoms with Crippen LogP contribution in [-0.4, -0.2) is 12.0 Å². The second-order valence-corrected chi connectivity index (χ2v) is 3.39. The monoisotopic (exact) mass is 189 g/mol. The van der Waals surface area contributed by atoms with Gasteiger partial charge in [-0.05, 0) is 18.1 Å². The van der Waals surface area contributed by atoms with Crippen molar-refractivity contribution < 1.29 is 4.79 Å². The zero-order chi connectivity index (χ0) is 10.4. The molecule has 0 aliphatic heterocycles. The van der Waals surface area contributed by atoms with Gasteiger partial charge in [-0.2, -0.15) is 0 Å². The number of carbonyl (C=O) groups is 1. The molecule has 1 N–H and O–H groups in total. The lowest BCUT2D eigenvalue weighted by Gasteiger charge is -2.02. The van der Waals surface area contributed by atoms with Crippen molar-refractivity contribution in [2.75, 3.05) is 0 Å². The molecule has 0 aliphatic carbocycles. The van der Waals surface area contributed by atoms with E-state index in [0.717, 1.165) is 30.4 Å². The second-order valence-electron chi connectivity index (χ2n) is 3.39. The van der Waals surface area contributed by atoms with E-state index < -0.39 is 0 Å². The fraction of sp³-hybridized carbons (Fsp3) is 0.333. The fourth-order valence-corrected chi connectivity index (χ4v) is 1.41. The maximum atomic E-state index is 10.5. The highest BCUT2D eigenvalue weighted by atomic mass is 16.1. The van der Waals surface area contributed by atoms with Crippen LogP contribution < -0.4 is 0 Å². The summed E-state index contributed by atoms with van der Waals surface area (Å²) in [6, 6.07) is 7.44. The minimum absolute atomic E-state index is 0.662. The van der Waals surface area contributed by atoms with Crippen molar-refractivity contribution in [1.29, 1.82) is 5.41 Å². The third-order valence-corrected chi connectivity index (χ3v) is 2.06. The van der Waals surface area contributed by atoms with Crippen LogP contribution in [0.4, 0.5) is 0 Å². The SMILES string of the molecule is CCCC(=N)Cc1cccc(C=O)c1. The molecule has 0 saturated carbocycles. The number of nitrogens with one attached hydrogen (secondary N) is 1. The highest BCUT2D eigenvalue weighted by Gasteiger charge is 1.99. The van der Waals surface area contributed by atoms with Crippen molar-refractivity contribution in [2.24, 2.45) is 0 Å². The summed E-state index contributed by atoms with van der Waals surface area (Å²) in [6.07, 6.45) is 3.35. The minimum Gasteiger partial charge on any atom is -0.309 e. The van der Waals surface area contributed by atoms with E-state index in [1.54, 1.807) is 6.07 Å². The molecule has 1 rings (SSSR count). The zero-order valence-electron chi connectivity index (χ0n) is 8.42. The first-order chi connectivity index (χ1) is 6.76. The predicted octanol–water partition coefficient (Wildman–Crippen LogP) is 2.86. The van der Waals surface area contributed by atoms with Crippen LogP contribution >= 0.6 is 0 Å². The fourth-order valence-electron chi connectivity index (χ4n) is 1.41. The van der Waals surface area contributed by atoms with Crippen molar-refractivity contribution in [3.05, 3.63) is 35.4 Å². The van der Waals surface area contributed by atoms with Crippen LogP contribution in [0.25, 0.3) is 0 Å². The Morgan fingerprint density at radius 2 is 2.29 bits per heavy atom. The van der Waals surface area contributed by atoms with E-state index in [0.29, 0.717) is 12.0 Å². The van der Waals surface area contributed by atoms with Gasteiger partial charge in [0.05, 0.1) is 0 Å². The van der Waals surface area contributed by atoms with Crippen LogP contribution in [0, 0.1) is 5.41 Å². The van der Waals surface area contributed by atoms with Gasteiger partial charge in [0.25, 0.3) is 0 Å². The van der Waals surface area contributed by atoms with E-state index in [9.17, 15) is 4.79 Å². The molecule has 2 heteroatoms. The Balaban J connectivity index is 2.66. The Morgan fingerprint density at radius 3 is 2.93 bits per heavy atom. The standard InChI is InChI=1S/C12H15NO/c1-2-4-12(13)8-10-5-3-6-11(7-10)9-14/h3,5-7,9,13H,2,4,8H2,1H3. The third kappa shape index (κ3) is 3.13. The average Bonchev–Trinajstić information content (AvgIpc) is 2.18. The summed E-state index contributed by atoms with van der Waals surface area (Å²) >= 11 is 0. The molecule has 74 valence electrons. The first-order valence-corrected chi connectivity index (χ1v) is 4.86. The van der Waals surface area contributed by atoms with Crippen LogP contribution in [0.5, 0.6) is 0 Å². The quantitative estimate of drug-likeness (QED) is 0.561. The summed E-state index contributed by atoms with van der Waals surface area (Å²) < 4.78 is 0. The molecular weight excluding hydrogens is 174 g/mol. The summed E-state index contributed by atoms with van der Waals surface area (Å²) in [5, 5.41) is 7.67. The molecule has 0 spiro atoms. The van der Waals surface area contributed by atoms with Crippen LogP contribution in [0.2, 0.25) is 0 Å². The molecule has 0 radical (unpaired) electrons. The van der Waals surface area contributed by atoms with Crippen LogP contribution in [0.15, 0.2) is 24.3 Å². The first-order valence-electron chi connectivity index (χ1n) is 4.86. The molecule has 0 unspecified atom stereocenters. The number of hydrogen-bond acceptors (Lipinski definition) is 2. The molecule has 0 heterocycles. The normalized spacial score (nSPS) is 9.79. The van der Waals surface area contributed by atoms with E-state index in [4.69, 9.17) is 5.41 Å². The van der Waals surface area contributed by atoms with Gasteiger partial charge in [0.15, 0.2) is 0 Å². The summed E-state index contributed by atoms with van der Waals surface area (Å²) in [5.41, 5.74) is 2.47. The molecule has 0 atom stereocenters. The largest absolute Gasteiger partial charge is 0.309 e. The van der Waals surface area contributed by atoms with E-state index in [2.05, 4.69) is 6.92 Å². The lowest BCUT2D eigenvalue weighted by molar-refractivity contribution is 0.112. The molecule has 1 aromatic carbocycles. The number of aldehydes is 1. The van der Waals surface area contributed by atoms with E-state index in [1.807, 2.05) is 18.2 Å². The Bertz CT molecular complexity index is 331. The molecule has 0 amide bonds. The second kappa shape index (κ2) is 5.32. The van der Waals surface area contributed by atoms with Crippen molar-refractivity contribution in [2.45, 2.75) is 26.2 Å². The van der Waals surface area contributed by atoms with Crippen molar-refractivity contribution in [1.82, 2.24) is 0 Å². The van der Waals surface area contributed by atoms with Gasteiger partial charge in [0.1, 0.15) is 6.29 Å². The van der Waals surface area contributed by atoms with Gasteiger partial charge in [-0.25, -0.2) is 0 Å². The summed E-state index contributed by atoms with van der Waals surface area (Å²) in [5.74, 6) is 0. The molecular formula is C12H15NO. The topological polar surface area (TPSA) is 40.9 Å². The Morgan fingerprint density at radius 1 is 1.50 bits per heavy atom. The molecule has 0 saturated heterocycles. The smallest absolute Gasteiger partial charge is 0.150 e. The highest BCUT2D eigenvalue weighted by molar-refractivity contribution is 5.84. The van der Waals surface area contributed by atoms with Gasteiger partial charge in [-0.15, -0.1) is 0 Å². The van der Waals surface area contributed by atoms with Gasteiger partial charge in [-0.1, -0.05) is 31.5 Å². The molecule has 1 aromatic rings. The number of hydrogen-bond donors (Lipinski definition) is 1. The predicted molar refractivity (Wildman–Crippen MR) is 58.2 cm³/mol. The molecule has 2 nitrogen and oxygen atoms in total. The van der Waals surface area contributed by atoms with Crippen molar-refractivity contribution >= 4 is 12.0 Å². The molecule has 0 aromatic heterocycles. The zero-order valence-corrected chi connectivity index (χ0v) is 8.42. The van der Waals surface area contributed by atoms with E-state index in [-0.39, 0.29) is 0 Å². The summed E-state index contributed by atoms with van der Waals surface area (Å²) in [6.45, 7) is 2.07. The van der Waals surface area contributed by atoms with Gasteiger partial charge in [0, 0.05) is 17.7 Å². The molecule has 14 heavy (non-hydrogen) atoms. The van der Waals surface area contributed by atoms with Crippen LogP contribution in [0.3, 0.4) is 0 Å². The Labute approximate surface area is 84.5 Å². The van der Waals surface area contributed by atoms with Gasteiger partial charge < -0.3 is 5.41 Å². The van der Waals surface area contributed by atoms with E-state index >= 15 is 0 Å². The Kier molecular flexibility index (Phi) is 4.05. The number of benzene rings is 1. The summed E-state index contributed by atoms with van der Waals surface area (Å²) in [4.78, 5) is 10.5. The molecule has 0 bridgehead atoms. The van der Waals surface area contributed by atoms with Crippen molar-refractivity contribution in [3.8, 4) is 0 Å². The maximum Gasteiger partial charge on any atom is 0.150 e. The lowest BCUT2D eigenvalue weighted by Crippen LogP contribution is -2.01. The lowest BCUT2D eigenvalue weighted by atomic mass is 10.0. The van der Waals surface area contributed by atoms with Gasteiger partial charge >= 0.3 is 0 Å². The highest BCUT2D eigenvalue weighted by Crippen LogP contribution is 2.06. The first kappa shape index (κ1) is 10.6. The summed E-state index contributed by atoms with van der Waals surface area (Å²) in [7, 11) is 0. The molecule has 0 fully saturated rings. The number of rotatable bonds is 5. The van der Waals surface area contributed by atoms with Crippen LogP contribution in [-0.2, 0) is 6.42 Å². The minimum atomic E-state index is 0.662.